The number of hydrogen-bond donors (Lipinski definition) is 6. The maximum Gasteiger partial charge on any atom is 0.280 e. The molecule has 8 N–H and O–H groups in total. The van der Waals surface area contributed by atoms with Gasteiger partial charge in [0.2, 0.25) is 0 Å². The molecule has 292 valence electrons. The Morgan fingerprint density at radius 1 is 0.660 bits per heavy atom. The third-order valence-corrected chi connectivity index (χ3v) is 13.2. The fraction of sp³-hybridized carbons (Fsp3) is 0.476. The van der Waals surface area contributed by atoms with Crippen molar-refractivity contribution in [3.05, 3.63) is 31.2 Å². The van der Waals surface area contributed by atoms with Gasteiger partial charge in [-0.25, -0.2) is 37.9 Å². The molecule has 0 aliphatic carbocycles. The molecule has 32 heteroatoms. The summed E-state index contributed by atoms with van der Waals surface area (Å²) < 4.78 is 81.3. The van der Waals surface area contributed by atoms with Crippen molar-refractivity contribution in [2.24, 2.45) is 0 Å². The molecule has 0 aromatic carbocycles. The maximum atomic E-state index is 12.2. The summed E-state index contributed by atoms with van der Waals surface area (Å²) in [6.07, 6.45) is -8.77. The van der Waals surface area contributed by atoms with E-state index in [0.29, 0.717) is 0 Å². The van der Waals surface area contributed by atoms with Crippen LogP contribution in [-0.4, -0.2) is 104 Å². The Labute approximate surface area is 293 Å². The Balaban J connectivity index is 1.01. The van der Waals surface area contributed by atoms with Crippen LogP contribution in [-0.2, 0) is 49.7 Å². The second-order valence-electron chi connectivity index (χ2n) is 11.0. The predicted octanol–water partition coefficient (Wildman–Crippen LogP) is -4.37. The summed E-state index contributed by atoms with van der Waals surface area (Å²) in [4.78, 5) is 68.4. The summed E-state index contributed by atoms with van der Waals surface area (Å²) in [5.41, 5.74) is 12.2. The highest BCUT2D eigenvalue weighted by Crippen LogP contribution is 2.67. The van der Waals surface area contributed by atoms with Crippen LogP contribution in [0.4, 0.5) is 11.5 Å². The molecule has 4 aromatic heterocycles. The van der Waals surface area contributed by atoms with Crippen LogP contribution in [0, 0.1) is 0 Å². The van der Waals surface area contributed by atoms with Crippen LogP contribution in [0.2, 0.25) is 0 Å². The van der Waals surface area contributed by atoms with Gasteiger partial charge in [-0.05, 0) is 6.07 Å². The Kier molecular flexibility index (Phi) is 11.0. The lowest BCUT2D eigenvalue weighted by molar-refractivity contribution is -0.255. The van der Waals surface area contributed by atoms with Crippen molar-refractivity contribution >= 4 is 65.1 Å². The molecule has 53 heavy (non-hydrogen) atoms. The average molecular weight is 831 g/mol. The number of imidazole rings is 2. The molecule has 6 heterocycles. The van der Waals surface area contributed by atoms with Gasteiger partial charge in [-0.3, -0.25) is 27.4 Å². The molecule has 0 bridgehead atoms. The van der Waals surface area contributed by atoms with Crippen molar-refractivity contribution in [1.29, 1.82) is 0 Å². The summed E-state index contributed by atoms with van der Waals surface area (Å²) in [5, 5.41) is 41.7. The topological polar surface area (TPSA) is 432 Å². The van der Waals surface area contributed by atoms with Gasteiger partial charge >= 0.3 is 0 Å². The Morgan fingerprint density at radius 3 is 1.62 bits per heavy atom. The highest BCUT2D eigenvalue weighted by atomic mass is 31.3. The average Bonchev–Trinajstić information content (AvgIpc) is 3.80. The van der Waals surface area contributed by atoms with Gasteiger partial charge in [-0.1, -0.05) is 0 Å². The van der Waals surface area contributed by atoms with Crippen LogP contribution in [0.3, 0.4) is 0 Å². The van der Waals surface area contributed by atoms with Gasteiger partial charge < -0.3 is 70.0 Å². The summed E-state index contributed by atoms with van der Waals surface area (Å²) in [6.45, 7) is -2.43. The monoisotopic (exact) mass is 831 g/mol. The molecule has 0 spiro atoms. The number of hydrogen-bond acceptors (Lipinski definition) is 26. The zero-order chi connectivity index (χ0) is 38.7. The number of fused-ring (bicyclic) bond motifs is 2. The molecule has 2 aliphatic heterocycles. The standard InChI is InChI=1S/C21H29N9O19P4/c22-8-1-2-24-18-11(8)27-6-29(18)20-15(33)13(31)9(45-20)3-43-50(35,36)47-52(39,40)49-53(41,42)48-51(37,38)44-4-10-14(32)16(34)21(46-10)30-7-28-12-17(23)25-5-26-19(12)30/h1-2,5-7,9-10,13-16,20-21,31-34H,3-4H2,(H2,22,24)(H,35,36)(H,37,38)(H,39,40)(H,41,42)(H2,23,25,26)/p-4. The number of rotatable bonds is 14. The van der Waals surface area contributed by atoms with Crippen LogP contribution < -0.4 is 31.0 Å². The molecule has 2 aliphatic rings. The highest BCUT2D eigenvalue weighted by molar-refractivity contribution is 7.68. The number of pyridine rings is 1. The minimum Gasteiger partial charge on any atom is -0.756 e. The van der Waals surface area contributed by atoms with Crippen LogP contribution in [0.1, 0.15) is 12.5 Å². The molecule has 4 aromatic rings. The number of nitrogens with zero attached hydrogens (tertiary/aromatic N) is 7. The highest BCUT2D eigenvalue weighted by Gasteiger charge is 2.46. The van der Waals surface area contributed by atoms with E-state index >= 15 is 0 Å². The fourth-order valence-corrected chi connectivity index (χ4v) is 9.91. The minimum absolute atomic E-state index is 0.0348. The van der Waals surface area contributed by atoms with Gasteiger partial charge in [-0.15, -0.1) is 0 Å². The minimum atomic E-state index is -6.59. The first kappa shape index (κ1) is 39.8. The van der Waals surface area contributed by atoms with E-state index in [1.165, 1.54) is 12.3 Å². The van der Waals surface area contributed by atoms with Crippen molar-refractivity contribution in [2.75, 3.05) is 24.7 Å². The SMILES string of the molecule is Nc1ccnc2c1ncn2C1OC(COP(=O)([O-])OP(=O)([O-])OP(=O)([O-])OP(=O)([O-])OCC2OC(n3cnc4c(N)ncnc43)C(O)C2O)C(O)C1O. The van der Waals surface area contributed by atoms with E-state index in [4.69, 9.17) is 20.9 Å². The largest absolute Gasteiger partial charge is 0.756 e. The van der Waals surface area contributed by atoms with Crippen molar-refractivity contribution in [3.63, 3.8) is 0 Å². The van der Waals surface area contributed by atoms with E-state index in [0.717, 1.165) is 28.1 Å². The predicted molar refractivity (Wildman–Crippen MR) is 159 cm³/mol. The molecule has 0 radical (unpaired) electrons. The van der Waals surface area contributed by atoms with Crippen molar-refractivity contribution < 1.29 is 89.7 Å². The number of aliphatic hydroxyl groups excluding tert-OH is 4. The number of phosphoric acid groups is 4. The molecule has 12 atom stereocenters. The van der Waals surface area contributed by atoms with Gasteiger partial charge in [-0.2, -0.15) is 0 Å². The third-order valence-electron chi connectivity index (χ3n) is 7.50. The van der Waals surface area contributed by atoms with E-state index in [2.05, 4.69) is 46.9 Å². The summed E-state index contributed by atoms with van der Waals surface area (Å²) in [7, 11) is -25.4. The maximum absolute atomic E-state index is 12.2. The second-order valence-corrected chi connectivity index (χ2v) is 17.1. The molecular formula is C21H25N9O19P4-4. The Bertz CT molecular complexity index is 2040. The third kappa shape index (κ3) is 8.51. The van der Waals surface area contributed by atoms with Crippen molar-refractivity contribution in [1.82, 2.24) is 34.1 Å². The Hall–Kier alpha value is -2.91. The normalized spacial score (nSPS) is 30.9. The second kappa shape index (κ2) is 14.6. The van der Waals surface area contributed by atoms with Gasteiger partial charge in [0.1, 0.15) is 54.0 Å². The van der Waals surface area contributed by atoms with E-state index in [9.17, 15) is 58.3 Å². The summed E-state index contributed by atoms with van der Waals surface area (Å²) >= 11 is 0. The van der Waals surface area contributed by atoms with Crippen molar-refractivity contribution in [2.45, 2.75) is 49.1 Å². The van der Waals surface area contributed by atoms with Gasteiger partial charge in [0, 0.05) is 6.20 Å². The van der Waals surface area contributed by atoms with Crippen LogP contribution in [0.25, 0.3) is 22.3 Å². The number of ether oxygens (including phenoxy) is 2. The number of aliphatic hydroxyl groups is 4. The van der Waals surface area contributed by atoms with E-state index in [1.54, 1.807) is 0 Å². The fourth-order valence-electron chi connectivity index (χ4n) is 5.16. The molecule has 28 nitrogen and oxygen atoms in total. The zero-order valence-corrected chi connectivity index (χ0v) is 29.5. The van der Waals surface area contributed by atoms with Gasteiger partial charge in [0.25, 0.3) is 31.3 Å². The van der Waals surface area contributed by atoms with E-state index in [1.807, 2.05) is 0 Å². The van der Waals surface area contributed by atoms with Crippen LogP contribution >= 0.6 is 31.3 Å². The molecular weight excluding hydrogens is 806 g/mol. The number of nitrogens with two attached hydrogens (primary N) is 2. The Morgan fingerprint density at radius 2 is 1.11 bits per heavy atom. The quantitative estimate of drug-likeness (QED) is 0.0654. The van der Waals surface area contributed by atoms with Crippen molar-refractivity contribution in [3.8, 4) is 0 Å². The first-order valence-electron chi connectivity index (χ1n) is 14.4. The lowest BCUT2D eigenvalue weighted by Crippen LogP contribution is -2.34. The van der Waals surface area contributed by atoms with E-state index in [-0.39, 0.29) is 33.8 Å². The number of anilines is 2. The van der Waals surface area contributed by atoms with E-state index < -0.39 is 93.6 Å². The number of phosphoric ester groups is 2. The molecule has 0 amide bonds. The first-order chi connectivity index (χ1) is 24.7. The zero-order valence-electron chi connectivity index (χ0n) is 25.9. The molecule has 0 saturated carbocycles. The lowest BCUT2D eigenvalue weighted by atomic mass is 10.1. The summed E-state index contributed by atoms with van der Waals surface area (Å²) in [6, 6.07) is 1.44. The number of nitrogen functional groups attached to an aromatic ring is 2. The number of aromatic nitrogens is 7. The van der Waals surface area contributed by atoms with Crippen LogP contribution in [0.15, 0.2) is 31.2 Å². The summed E-state index contributed by atoms with van der Waals surface area (Å²) in [5.74, 6) is -0.0348. The first-order valence-corrected chi connectivity index (χ1v) is 20.2. The lowest BCUT2D eigenvalue weighted by Gasteiger charge is -2.36. The van der Waals surface area contributed by atoms with Crippen LogP contribution in [0.5, 0.6) is 0 Å². The van der Waals surface area contributed by atoms with Gasteiger partial charge in [0.05, 0.1) is 31.6 Å². The van der Waals surface area contributed by atoms with Gasteiger partial charge in [0.15, 0.2) is 29.6 Å². The molecule has 2 saturated heterocycles. The molecule has 2 fully saturated rings. The molecule has 12 unspecified atom stereocenters. The molecule has 6 rings (SSSR count). The smallest absolute Gasteiger partial charge is 0.280 e.